The van der Waals surface area contributed by atoms with Crippen molar-refractivity contribution in [1.29, 1.82) is 0 Å². The Hall–Kier alpha value is -0.150. The zero-order valence-corrected chi connectivity index (χ0v) is 8.18. The molecule has 1 saturated heterocycles. The molecule has 2 atom stereocenters. The molecule has 72 valence electrons. The maximum absolute atomic E-state index is 13.1. The number of hydrogen-bond donors (Lipinski definition) is 1. The van der Waals surface area contributed by atoms with Crippen LogP contribution in [0, 0.1) is 0 Å². The van der Waals surface area contributed by atoms with Gasteiger partial charge in [0.2, 0.25) is 0 Å². The molecule has 2 nitrogen and oxygen atoms in total. The summed E-state index contributed by atoms with van der Waals surface area (Å²) in [7, 11) is 0. The fraction of sp³-hybridized carbons (Fsp3) is 1.00. The van der Waals surface area contributed by atoms with Gasteiger partial charge in [-0.1, -0.05) is 0 Å². The molecule has 0 aromatic carbocycles. The number of hydrogen-bond acceptors (Lipinski definition) is 2. The molecule has 3 heteroatoms. The van der Waals surface area contributed by atoms with Gasteiger partial charge in [0.25, 0.3) is 0 Å². The van der Waals surface area contributed by atoms with Crippen LogP contribution in [0.1, 0.15) is 27.2 Å². The molecule has 0 unspecified atom stereocenters. The van der Waals surface area contributed by atoms with Gasteiger partial charge in [0.05, 0.1) is 0 Å². The fourth-order valence-corrected chi connectivity index (χ4v) is 1.62. The van der Waals surface area contributed by atoms with Gasteiger partial charge in [-0.3, -0.25) is 4.90 Å². The SMILES string of the molecule is CC(C)(C)N1C[C@H](N)C[C@@H](F)C1. The highest BCUT2D eigenvalue weighted by Gasteiger charge is 2.31. The van der Waals surface area contributed by atoms with Crippen molar-refractivity contribution in [3.8, 4) is 0 Å². The van der Waals surface area contributed by atoms with Crippen molar-refractivity contribution < 1.29 is 4.39 Å². The number of nitrogens with zero attached hydrogens (tertiary/aromatic N) is 1. The lowest BCUT2D eigenvalue weighted by atomic mass is 9.98. The molecular formula is C9H19FN2. The van der Waals surface area contributed by atoms with E-state index in [1.165, 1.54) is 0 Å². The third-order valence-electron chi connectivity index (χ3n) is 2.38. The maximum Gasteiger partial charge on any atom is 0.114 e. The molecule has 0 bridgehead atoms. The normalized spacial score (nSPS) is 33.8. The molecule has 0 aromatic heterocycles. The Morgan fingerprint density at radius 3 is 2.33 bits per heavy atom. The number of alkyl halides is 1. The first-order valence-corrected chi connectivity index (χ1v) is 4.54. The van der Waals surface area contributed by atoms with Gasteiger partial charge in [0.15, 0.2) is 0 Å². The second kappa shape index (κ2) is 3.30. The monoisotopic (exact) mass is 174 g/mol. The number of halogens is 1. The van der Waals surface area contributed by atoms with Crippen LogP contribution in [0.25, 0.3) is 0 Å². The van der Waals surface area contributed by atoms with E-state index < -0.39 is 6.17 Å². The lowest BCUT2D eigenvalue weighted by Crippen LogP contribution is -2.54. The minimum atomic E-state index is -0.743. The zero-order valence-electron chi connectivity index (χ0n) is 8.18. The molecule has 0 saturated carbocycles. The van der Waals surface area contributed by atoms with Crippen molar-refractivity contribution in [3.63, 3.8) is 0 Å². The first-order valence-electron chi connectivity index (χ1n) is 4.54. The summed E-state index contributed by atoms with van der Waals surface area (Å²) in [6.45, 7) is 7.65. The topological polar surface area (TPSA) is 29.3 Å². The molecule has 0 radical (unpaired) electrons. The molecule has 0 aromatic rings. The third kappa shape index (κ3) is 2.42. The minimum absolute atomic E-state index is 0.00738. The first kappa shape index (κ1) is 9.93. The number of likely N-dealkylation sites (tertiary alicyclic amines) is 1. The van der Waals surface area contributed by atoms with E-state index in [9.17, 15) is 4.39 Å². The first-order chi connectivity index (χ1) is 5.39. The molecule has 1 aliphatic heterocycles. The Kier molecular flexibility index (Phi) is 2.74. The van der Waals surface area contributed by atoms with Crippen LogP contribution in [0.2, 0.25) is 0 Å². The van der Waals surface area contributed by atoms with Crippen LogP contribution >= 0.6 is 0 Å². The highest BCUT2D eigenvalue weighted by atomic mass is 19.1. The molecule has 1 heterocycles. The lowest BCUT2D eigenvalue weighted by molar-refractivity contribution is 0.0521. The van der Waals surface area contributed by atoms with Gasteiger partial charge in [-0.15, -0.1) is 0 Å². The van der Waals surface area contributed by atoms with Crippen LogP contribution < -0.4 is 5.73 Å². The molecule has 2 N–H and O–H groups in total. The predicted octanol–water partition coefficient (Wildman–Crippen LogP) is 1.16. The Morgan fingerprint density at radius 1 is 1.33 bits per heavy atom. The van der Waals surface area contributed by atoms with Crippen molar-refractivity contribution in [2.75, 3.05) is 13.1 Å². The summed E-state index contributed by atoms with van der Waals surface area (Å²) in [6.07, 6.45) is -0.222. The van der Waals surface area contributed by atoms with Crippen molar-refractivity contribution in [1.82, 2.24) is 4.90 Å². The Bertz CT molecular complexity index is 143. The second-order valence-electron chi connectivity index (χ2n) is 4.67. The van der Waals surface area contributed by atoms with Gasteiger partial charge in [0, 0.05) is 24.7 Å². The van der Waals surface area contributed by atoms with E-state index in [1.54, 1.807) is 0 Å². The van der Waals surface area contributed by atoms with Gasteiger partial charge >= 0.3 is 0 Å². The third-order valence-corrected chi connectivity index (χ3v) is 2.38. The summed E-state index contributed by atoms with van der Waals surface area (Å²) in [4.78, 5) is 2.12. The molecular weight excluding hydrogens is 155 g/mol. The van der Waals surface area contributed by atoms with E-state index >= 15 is 0 Å². The largest absolute Gasteiger partial charge is 0.326 e. The zero-order chi connectivity index (χ0) is 9.35. The van der Waals surface area contributed by atoms with Crippen LogP contribution in [0.15, 0.2) is 0 Å². The molecule has 1 rings (SSSR count). The van der Waals surface area contributed by atoms with Gasteiger partial charge in [-0.2, -0.15) is 0 Å². The summed E-state index contributed by atoms with van der Waals surface area (Å²) < 4.78 is 13.1. The molecule has 1 aliphatic rings. The van der Waals surface area contributed by atoms with Crippen LogP contribution in [-0.4, -0.2) is 35.7 Å². The van der Waals surface area contributed by atoms with Crippen molar-refractivity contribution >= 4 is 0 Å². The van der Waals surface area contributed by atoms with E-state index in [0.717, 1.165) is 6.54 Å². The molecule has 12 heavy (non-hydrogen) atoms. The maximum atomic E-state index is 13.1. The van der Waals surface area contributed by atoms with Gasteiger partial charge in [-0.25, -0.2) is 4.39 Å². The van der Waals surface area contributed by atoms with Crippen LogP contribution in [0.4, 0.5) is 4.39 Å². The fourth-order valence-electron chi connectivity index (χ4n) is 1.62. The van der Waals surface area contributed by atoms with E-state index in [-0.39, 0.29) is 11.6 Å². The summed E-state index contributed by atoms with van der Waals surface area (Å²) in [5.41, 5.74) is 5.77. The molecule has 0 aliphatic carbocycles. The van der Waals surface area contributed by atoms with Crippen molar-refractivity contribution in [2.45, 2.75) is 44.9 Å². The Morgan fingerprint density at radius 2 is 1.92 bits per heavy atom. The van der Waals surface area contributed by atoms with Gasteiger partial charge in [0.1, 0.15) is 6.17 Å². The Labute approximate surface area is 73.9 Å². The number of nitrogens with two attached hydrogens (primary N) is 1. The number of piperidine rings is 1. The highest BCUT2D eigenvalue weighted by Crippen LogP contribution is 2.20. The lowest BCUT2D eigenvalue weighted by Gasteiger charge is -2.41. The van der Waals surface area contributed by atoms with E-state index in [0.29, 0.717) is 13.0 Å². The Balaban J connectivity index is 2.55. The molecule has 1 fully saturated rings. The van der Waals surface area contributed by atoms with Gasteiger partial charge < -0.3 is 5.73 Å². The summed E-state index contributed by atoms with van der Waals surface area (Å²) in [5.74, 6) is 0. The van der Waals surface area contributed by atoms with E-state index in [2.05, 4.69) is 25.7 Å². The van der Waals surface area contributed by atoms with E-state index in [4.69, 9.17) is 5.73 Å². The molecule has 0 spiro atoms. The second-order valence-corrected chi connectivity index (χ2v) is 4.67. The average molecular weight is 174 g/mol. The molecule has 0 amide bonds. The van der Waals surface area contributed by atoms with Crippen LogP contribution in [-0.2, 0) is 0 Å². The number of rotatable bonds is 0. The van der Waals surface area contributed by atoms with E-state index in [1.807, 2.05) is 0 Å². The van der Waals surface area contributed by atoms with Crippen LogP contribution in [0.5, 0.6) is 0 Å². The van der Waals surface area contributed by atoms with Crippen molar-refractivity contribution in [2.24, 2.45) is 5.73 Å². The quantitative estimate of drug-likeness (QED) is 0.597. The minimum Gasteiger partial charge on any atom is -0.326 e. The smallest absolute Gasteiger partial charge is 0.114 e. The summed E-state index contributed by atoms with van der Waals surface area (Å²) in [5, 5.41) is 0. The standard InChI is InChI=1S/C9H19FN2/c1-9(2,3)12-5-7(10)4-8(11)6-12/h7-8H,4-6,11H2,1-3H3/t7-,8-/m1/s1. The summed E-state index contributed by atoms with van der Waals surface area (Å²) >= 11 is 0. The summed E-state index contributed by atoms with van der Waals surface area (Å²) in [6, 6.07) is 0.00738. The highest BCUT2D eigenvalue weighted by molar-refractivity contribution is 4.87. The predicted molar refractivity (Wildman–Crippen MR) is 48.8 cm³/mol. The van der Waals surface area contributed by atoms with Crippen molar-refractivity contribution in [3.05, 3.63) is 0 Å². The van der Waals surface area contributed by atoms with Crippen LogP contribution in [0.3, 0.4) is 0 Å². The van der Waals surface area contributed by atoms with Gasteiger partial charge in [-0.05, 0) is 27.2 Å². The average Bonchev–Trinajstić information content (AvgIpc) is 1.82.